The van der Waals surface area contributed by atoms with Gasteiger partial charge in [-0.15, -0.1) is 0 Å². The van der Waals surface area contributed by atoms with E-state index in [0.717, 1.165) is 11.3 Å². The normalized spacial score (nSPS) is 27.2. The molecule has 0 amide bonds. The highest BCUT2D eigenvalue weighted by Crippen LogP contribution is 2.55. The van der Waals surface area contributed by atoms with Gasteiger partial charge in [0.1, 0.15) is 0 Å². The molecule has 0 aromatic heterocycles. The molecule has 0 unspecified atom stereocenters. The van der Waals surface area contributed by atoms with Crippen molar-refractivity contribution in [3.63, 3.8) is 0 Å². The minimum Gasteiger partial charge on any atom is -0.0654 e. The van der Waals surface area contributed by atoms with Crippen molar-refractivity contribution >= 4 is 0 Å². The number of hydrogen-bond donors (Lipinski definition) is 0. The lowest BCUT2D eigenvalue weighted by molar-refractivity contribution is 0.289. The molecule has 0 heterocycles. The standard InChI is InChI=1S/C14H26/c1-2-3-6-13-7-4-9-14(11-12-14)10-5-8-13/h13H,2-12H2,1H3. The van der Waals surface area contributed by atoms with Crippen LogP contribution in [-0.2, 0) is 0 Å². The zero-order chi connectivity index (χ0) is 9.86. The minimum absolute atomic E-state index is 0.885. The average molecular weight is 194 g/mol. The Labute approximate surface area is 89.5 Å². The van der Waals surface area contributed by atoms with Crippen LogP contribution in [0.3, 0.4) is 0 Å². The Bertz CT molecular complexity index is 155. The molecule has 82 valence electrons. The Hall–Kier alpha value is 0. The maximum atomic E-state index is 2.32. The predicted octanol–water partition coefficient (Wildman–Crippen LogP) is 4.93. The Kier molecular flexibility index (Phi) is 3.52. The smallest absolute Gasteiger partial charge is 0.0297 e. The van der Waals surface area contributed by atoms with Gasteiger partial charge in [-0.2, -0.15) is 0 Å². The average Bonchev–Trinajstić information content (AvgIpc) is 2.91. The highest BCUT2D eigenvalue weighted by molar-refractivity contribution is 4.93. The summed E-state index contributed by atoms with van der Waals surface area (Å²) in [6, 6.07) is 0. The van der Waals surface area contributed by atoms with Crippen molar-refractivity contribution in [2.45, 2.75) is 77.6 Å². The summed E-state index contributed by atoms with van der Waals surface area (Å²) in [4.78, 5) is 0. The summed E-state index contributed by atoms with van der Waals surface area (Å²) < 4.78 is 0. The largest absolute Gasteiger partial charge is 0.0654 e. The molecule has 0 aromatic carbocycles. The van der Waals surface area contributed by atoms with Crippen molar-refractivity contribution in [3.8, 4) is 0 Å². The monoisotopic (exact) mass is 194 g/mol. The van der Waals surface area contributed by atoms with Gasteiger partial charge in [-0.25, -0.2) is 0 Å². The van der Waals surface area contributed by atoms with Gasteiger partial charge in [0, 0.05) is 0 Å². The molecule has 14 heavy (non-hydrogen) atoms. The molecular weight excluding hydrogens is 168 g/mol. The third-order valence-corrected chi connectivity index (χ3v) is 4.56. The van der Waals surface area contributed by atoms with Gasteiger partial charge in [0.15, 0.2) is 0 Å². The first-order chi connectivity index (χ1) is 6.85. The van der Waals surface area contributed by atoms with Crippen molar-refractivity contribution in [2.24, 2.45) is 11.3 Å². The number of rotatable bonds is 3. The molecule has 2 saturated carbocycles. The van der Waals surface area contributed by atoms with Crippen LogP contribution in [0.4, 0.5) is 0 Å². The maximum Gasteiger partial charge on any atom is -0.0297 e. The van der Waals surface area contributed by atoms with Gasteiger partial charge in [-0.05, 0) is 37.0 Å². The summed E-state index contributed by atoms with van der Waals surface area (Å²) in [5.41, 5.74) is 0.885. The van der Waals surface area contributed by atoms with Crippen LogP contribution >= 0.6 is 0 Å². The van der Waals surface area contributed by atoms with Crippen molar-refractivity contribution in [1.29, 1.82) is 0 Å². The topological polar surface area (TPSA) is 0 Å². The van der Waals surface area contributed by atoms with E-state index in [1.165, 1.54) is 32.1 Å². The second-order valence-corrected chi connectivity index (χ2v) is 5.79. The summed E-state index contributed by atoms with van der Waals surface area (Å²) in [5.74, 6) is 1.09. The SMILES string of the molecule is CCCCC1CCCC2(CCC1)CC2. The Morgan fingerprint density at radius 1 is 1.00 bits per heavy atom. The van der Waals surface area contributed by atoms with Gasteiger partial charge in [-0.3, -0.25) is 0 Å². The lowest BCUT2D eigenvalue weighted by atomic mass is 9.82. The quantitative estimate of drug-likeness (QED) is 0.597. The van der Waals surface area contributed by atoms with E-state index in [-0.39, 0.29) is 0 Å². The van der Waals surface area contributed by atoms with E-state index in [9.17, 15) is 0 Å². The molecule has 0 radical (unpaired) electrons. The van der Waals surface area contributed by atoms with Crippen molar-refractivity contribution < 1.29 is 0 Å². The fourth-order valence-corrected chi connectivity index (χ4v) is 3.26. The first-order valence-electron chi connectivity index (χ1n) is 6.85. The van der Waals surface area contributed by atoms with E-state index < -0.39 is 0 Å². The molecule has 2 aliphatic rings. The molecular formula is C14H26. The number of hydrogen-bond acceptors (Lipinski definition) is 0. The molecule has 0 heteroatoms. The first-order valence-corrected chi connectivity index (χ1v) is 6.85. The molecule has 0 aromatic rings. The molecule has 0 saturated heterocycles. The highest BCUT2D eigenvalue weighted by atomic mass is 14.5. The van der Waals surface area contributed by atoms with E-state index in [2.05, 4.69) is 6.92 Å². The summed E-state index contributed by atoms with van der Waals surface area (Å²) in [5, 5.41) is 0. The zero-order valence-corrected chi connectivity index (χ0v) is 9.86. The van der Waals surface area contributed by atoms with Crippen LogP contribution in [-0.4, -0.2) is 0 Å². The van der Waals surface area contributed by atoms with Gasteiger partial charge < -0.3 is 0 Å². The molecule has 0 nitrogen and oxygen atoms in total. The lowest BCUT2D eigenvalue weighted by Gasteiger charge is -2.24. The maximum absolute atomic E-state index is 2.32. The Morgan fingerprint density at radius 3 is 2.14 bits per heavy atom. The van der Waals surface area contributed by atoms with Crippen molar-refractivity contribution in [1.82, 2.24) is 0 Å². The van der Waals surface area contributed by atoms with Gasteiger partial charge in [0.2, 0.25) is 0 Å². The third kappa shape index (κ3) is 2.74. The van der Waals surface area contributed by atoms with E-state index in [1.54, 1.807) is 38.5 Å². The van der Waals surface area contributed by atoms with Crippen LogP contribution in [0, 0.1) is 11.3 Å². The summed E-state index contributed by atoms with van der Waals surface area (Å²) in [6.07, 6.45) is 16.8. The third-order valence-electron chi connectivity index (χ3n) is 4.56. The minimum atomic E-state index is 0.885. The van der Waals surface area contributed by atoms with Crippen LogP contribution < -0.4 is 0 Å². The van der Waals surface area contributed by atoms with Crippen LogP contribution in [0.2, 0.25) is 0 Å². The summed E-state index contributed by atoms with van der Waals surface area (Å²) >= 11 is 0. The van der Waals surface area contributed by atoms with Gasteiger partial charge in [0.05, 0.1) is 0 Å². The van der Waals surface area contributed by atoms with Crippen LogP contribution in [0.5, 0.6) is 0 Å². The van der Waals surface area contributed by atoms with Crippen molar-refractivity contribution in [2.75, 3.05) is 0 Å². The zero-order valence-electron chi connectivity index (χ0n) is 9.86. The van der Waals surface area contributed by atoms with Gasteiger partial charge >= 0.3 is 0 Å². The summed E-state index contributed by atoms with van der Waals surface area (Å²) in [6.45, 7) is 2.32. The Balaban J connectivity index is 1.70. The second-order valence-electron chi connectivity index (χ2n) is 5.79. The van der Waals surface area contributed by atoms with E-state index in [0.29, 0.717) is 0 Å². The van der Waals surface area contributed by atoms with Gasteiger partial charge in [-0.1, -0.05) is 51.9 Å². The molecule has 0 aliphatic heterocycles. The van der Waals surface area contributed by atoms with Crippen LogP contribution in [0.15, 0.2) is 0 Å². The van der Waals surface area contributed by atoms with Crippen LogP contribution in [0.1, 0.15) is 77.6 Å². The lowest BCUT2D eigenvalue weighted by Crippen LogP contribution is -2.10. The molecule has 1 spiro atoms. The summed E-state index contributed by atoms with van der Waals surface area (Å²) in [7, 11) is 0. The first kappa shape index (κ1) is 10.5. The second kappa shape index (κ2) is 4.68. The number of unbranched alkanes of at least 4 members (excludes halogenated alkanes) is 1. The molecule has 0 bridgehead atoms. The molecule has 2 rings (SSSR count). The van der Waals surface area contributed by atoms with Crippen molar-refractivity contribution in [3.05, 3.63) is 0 Å². The Morgan fingerprint density at radius 2 is 1.64 bits per heavy atom. The van der Waals surface area contributed by atoms with E-state index in [1.807, 2.05) is 0 Å². The van der Waals surface area contributed by atoms with E-state index >= 15 is 0 Å². The van der Waals surface area contributed by atoms with Crippen LogP contribution in [0.25, 0.3) is 0 Å². The molecule has 0 N–H and O–H groups in total. The predicted molar refractivity (Wildman–Crippen MR) is 62.4 cm³/mol. The molecule has 2 fully saturated rings. The fourth-order valence-electron chi connectivity index (χ4n) is 3.26. The fraction of sp³-hybridized carbons (Fsp3) is 1.00. The van der Waals surface area contributed by atoms with Gasteiger partial charge in [0.25, 0.3) is 0 Å². The van der Waals surface area contributed by atoms with E-state index in [4.69, 9.17) is 0 Å². The molecule has 0 atom stereocenters. The molecule has 2 aliphatic carbocycles. The highest BCUT2D eigenvalue weighted by Gasteiger charge is 2.41.